The van der Waals surface area contributed by atoms with E-state index in [0.717, 1.165) is 25.7 Å². The molecule has 0 aliphatic carbocycles. The van der Waals surface area contributed by atoms with E-state index in [4.69, 9.17) is 4.74 Å². The van der Waals surface area contributed by atoms with E-state index < -0.39 is 0 Å². The quantitative estimate of drug-likeness (QED) is 0.417. The number of para-hydroxylation sites is 1. The third-order valence-electron chi connectivity index (χ3n) is 4.13. The van der Waals surface area contributed by atoms with Crippen LogP contribution < -0.4 is 5.56 Å². The third kappa shape index (κ3) is 3.48. The zero-order valence-corrected chi connectivity index (χ0v) is 16.8. The maximum absolute atomic E-state index is 12.7. The highest BCUT2D eigenvalue weighted by Crippen LogP contribution is 2.42. The molecule has 2 heterocycles. The Hall–Kier alpha value is -2.83. The molecular formula is C22H17NO3S2. The molecule has 4 aromatic rings. The molecule has 0 atom stereocenters. The number of fused-ring (bicyclic) bond motifs is 1. The maximum atomic E-state index is 12.7. The van der Waals surface area contributed by atoms with Crippen LogP contribution in [0.3, 0.4) is 0 Å². The van der Waals surface area contributed by atoms with Gasteiger partial charge in [0.2, 0.25) is 0 Å². The molecule has 0 fully saturated rings. The summed E-state index contributed by atoms with van der Waals surface area (Å²) in [5.41, 5.74) is 0.637. The van der Waals surface area contributed by atoms with Crippen molar-refractivity contribution in [2.45, 2.75) is 16.7 Å². The molecule has 2 aromatic heterocycles. The van der Waals surface area contributed by atoms with Crippen molar-refractivity contribution in [2.75, 3.05) is 6.61 Å². The molecule has 28 heavy (non-hydrogen) atoms. The molecule has 0 N–H and O–H groups in total. The number of thiophene rings is 1. The Morgan fingerprint density at radius 3 is 2.36 bits per heavy atom. The summed E-state index contributed by atoms with van der Waals surface area (Å²) in [5, 5.41) is 0.866. The summed E-state index contributed by atoms with van der Waals surface area (Å²) in [7, 11) is 0. The van der Waals surface area contributed by atoms with Gasteiger partial charge in [0, 0.05) is 21.2 Å². The molecule has 0 aliphatic heterocycles. The molecule has 4 rings (SSSR count). The van der Waals surface area contributed by atoms with Crippen molar-refractivity contribution in [1.29, 1.82) is 0 Å². The van der Waals surface area contributed by atoms with Crippen LogP contribution in [-0.2, 0) is 4.74 Å². The molecule has 0 aliphatic rings. The number of hydrogen-bond donors (Lipinski definition) is 0. The molecule has 2 aromatic carbocycles. The lowest BCUT2D eigenvalue weighted by Crippen LogP contribution is -2.16. The SMILES string of the molecule is CCOC(=O)c1sc2c(ccc(=O)n2-c2ccccc2)c1Sc1ccccc1. The van der Waals surface area contributed by atoms with Crippen molar-refractivity contribution in [2.24, 2.45) is 0 Å². The maximum Gasteiger partial charge on any atom is 0.349 e. The van der Waals surface area contributed by atoms with Crippen LogP contribution >= 0.6 is 23.1 Å². The van der Waals surface area contributed by atoms with Gasteiger partial charge in [0.05, 0.1) is 12.3 Å². The summed E-state index contributed by atoms with van der Waals surface area (Å²) in [6.45, 7) is 2.09. The summed E-state index contributed by atoms with van der Waals surface area (Å²) in [4.78, 5) is 28.4. The second-order valence-electron chi connectivity index (χ2n) is 5.96. The van der Waals surface area contributed by atoms with Crippen molar-refractivity contribution in [3.8, 4) is 5.69 Å². The first-order chi connectivity index (χ1) is 13.7. The Labute approximate surface area is 170 Å². The van der Waals surface area contributed by atoms with Gasteiger partial charge in [-0.2, -0.15) is 0 Å². The lowest BCUT2D eigenvalue weighted by molar-refractivity contribution is 0.0528. The van der Waals surface area contributed by atoms with Crippen molar-refractivity contribution in [3.05, 3.63) is 88.0 Å². The molecule has 0 saturated carbocycles. The molecular weight excluding hydrogens is 390 g/mol. The highest BCUT2D eigenvalue weighted by molar-refractivity contribution is 7.99. The van der Waals surface area contributed by atoms with Crippen molar-refractivity contribution >= 4 is 39.3 Å². The topological polar surface area (TPSA) is 48.3 Å². The number of carbonyl (C=O) groups excluding carboxylic acids is 1. The Balaban J connectivity index is 1.97. The predicted octanol–water partition coefficient (Wildman–Crippen LogP) is 5.38. The highest BCUT2D eigenvalue weighted by Gasteiger charge is 2.23. The van der Waals surface area contributed by atoms with Crippen molar-refractivity contribution < 1.29 is 9.53 Å². The molecule has 0 radical (unpaired) electrons. The second-order valence-corrected chi connectivity index (χ2v) is 8.04. The van der Waals surface area contributed by atoms with E-state index >= 15 is 0 Å². The molecule has 4 nitrogen and oxygen atoms in total. The number of rotatable bonds is 5. The van der Waals surface area contributed by atoms with Gasteiger partial charge in [0.15, 0.2) is 0 Å². The zero-order chi connectivity index (χ0) is 19.5. The van der Waals surface area contributed by atoms with Crippen LogP contribution in [0, 0.1) is 0 Å². The minimum absolute atomic E-state index is 0.133. The minimum Gasteiger partial charge on any atom is -0.462 e. The Kier molecular flexibility index (Phi) is 5.32. The molecule has 0 spiro atoms. The van der Waals surface area contributed by atoms with E-state index in [2.05, 4.69) is 0 Å². The Bertz CT molecular complexity index is 1180. The monoisotopic (exact) mass is 407 g/mol. The second kappa shape index (κ2) is 8.04. The van der Waals surface area contributed by atoms with Gasteiger partial charge in [-0.15, -0.1) is 11.3 Å². The van der Waals surface area contributed by atoms with Gasteiger partial charge in [-0.1, -0.05) is 48.2 Å². The zero-order valence-electron chi connectivity index (χ0n) is 15.1. The number of pyridine rings is 1. The number of esters is 1. The Morgan fingerprint density at radius 2 is 1.68 bits per heavy atom. The van der Waals surface area contributed by atoms with E-state index in [0.29, 0.717) is 11.5 Å². The summed E-state index contributed by atoms with van der Waals surface area (Å²) in [5.74, 6) is -0.366. The van der Waals surface area contributed by atoms with Crippen molar-refractivity contribution in [1.82, 2.24) is 4.57 Å². The fourth-order valence-electron chi connectivity index (χ4n) is 2.92. The normalized spacial score (nSPS) is 10.9. The molecule has 0 unspecified atom stereocenters. The first-order valence-electron chi connectivity index (χ1n) is 8.83. The molecule has 0 amide bonds. The minimum atomic E-state index is -0.366. The van der Waals surface area contributed by atoms with Crippen LogP contribution in [0.15, 0.2) is 87.4 Å². The van der Waals surface area contributed by atoms with Gasteiger partial charge in [-0.3, -0.25) is 9.36 Å². The highest BCUT2D eigenvalue weighted by atomic mass is 32.2. The average molecular weight is 408 g/mol. The van der Waals surface area contributed by atoms with Crippen LogP contribution in [0.5, 0.6) is 0 Å². The molecule has 140 valence electrons. The van der Waals surface area contributed by atoms with Gasteiger partial charge in [-0.05, 0) is 37.3 Å². The van der Waals surface area contributed by atoms with E-state index in [1.165, 1.54) is 23.1 Å². The summed E-state index contributed by atoms with van der Waals surface area (Å²) >= 11 is 2.80. The fraction of sp³-hybridized carbons (Fsp3) is 0.0909. The van der Waals surface area contributed by atoms with Crippen LogP contribution in [0.2, 0.25) is 0 Å². The van der Waals surface area contributed by atoms with Gasteiger partial charge in [0.1, 0.15) is 9.71 Å². The Morgan fingerprint density at radius 1 is 1.00 bits per heavy atom. The van der Waals surface area contributed by atoms with Gasteiger partial charge in [0.25, 0.3) is 5.56 Å². The first-order valence-corrected chi connectivity index (χ1v) is 10.5. The summed E-state index contributed by atoms with van der Waals surface area (Å²) in [6, 6.07) is 22.7. The van der Waals surface area contributed by atoms with Gasteiger partial charge < -0.3 is 4.74 Å². The number of carbonyl (C=O) groups is 1. The van der Waals surface area contributed by atoms with Gasteiger partial charge >= 0.3 is 5.97 Å². The summed E-state index contributed by atoms with van der Waals surface area (Å²) < 4.78 is 6.93. The van der Waals surface area contributed by atoms with Gasteiger partial charge in [-0.25, -0.2) is 4.79 Å². The number of hydrogen-bond acceptors (Lipinski definition) is 5. The average Bonchev–Trinajstić information content (AvgIpc) is 3.08. The fourth-order valence-corrected chi connectivity index (χ4v) is 5.32. The molecule has 0 bridgehead atoms. The van der Waals surface area contributed by atoms with Crippen LogP contribution in [0.25, 0.3) is 15.9 Å². The van der Waals surface area contributed by atoms with E-state index in [-0.39, 0.29) is 11.5 Å². The largest absolute Gasteiger partial charge is 0.462 e. The lowest BCUT2D eigenvalue weighted by atomic mass is 10.2. The summed E-state index contributed by atoms with van der Waals surface area (Å²) in [6.07, 6.45) is 0. The lowest BCUT2D eigenvalue weighted by Gasteiger charge is -2.07. The number of nitrogens with zero attached hydrogens (tertiary/aromatic N) is 1. The van der Waals surface area contributed by atoms with Crippen molar-refractivity contribution in [3.63, 3.8) is 0 Å². The van der Waals surface area contributed by atoms with E-state index in [1.807, 2.05) is 60.7 Å². The predicted molar refractivity (Wildman–Crippen MR) is 114 cm³/mol. The van der Waals surface area contributed by atoms with Crippen LogP contribution in [-0.4, -0.2) is 17.1 Å². The van der Waals surface area contributed by atoms with E-state index in [9.17, 15) is 9.59 Å². The third-order valence-corrected chi connectivity index (χ3v) is 6.57. The van der Waals surface area contributed by atoms with Crippen LogP contribution in [0.4, 0.5) is 0 Å². The standard InChI is InChI=1S/C22H17NO3S2/c1-2-26-22(25)20-19(27-16-11-7-4-8-12-16)17-13-14-18(24)23(21(17)28-20)15-9-5-3-6-10-15/h3-14H,2H2,1H3. The molecule has 6 heteroatoms. The number of ether oxygens (including phenoxy) is 1. The number of aromatic nitrogens is 1. The van der Waals surface area contributed by atoms with E-state index in [1.54, 1.807) is 23.6 Å². The number of benzene rings is 2. The molecule has 0 saturated heterocycles. The van der Waals surface area contributed by atoms with Crippen LogP contribution in [0.1, 0.15) is 16.6 Å². The smallest absolute Gasteiger partial charge is 0.349 e. The first kappa shape index (κ1) is 18.5.